The van der Waals surface area contributed by atoms with Gasteiger partial charge in [-0.3, -0.25) is 0 Å². The average molecular weight is 245 g/mol. The Kier molecular flexibility index (Phi) is 5.31. The number of hydrogen-bond donors (Lipinski definition) is 2. The van der Waals surface area contributed by atoms with Gasteiger partial charge < -0.3 is 16.0 Å². The summed E-state index contributed by atoms with van der Waals surface area (Å²) in [5.74, 6) is 0. The van der Waals surface area contributed by atoms with Gasteiger partial charge in [-0.05, 0) is 45.2 Å². The van der Waals surface area contributed by atoms with E-state index in [9.17, 15) is 0 Å². The Morgan fingerprint density at radius 3 is 2.72 bits per heavy atom. The summed E-state index contributed by atoms with van der Waals surface area (Å²) >= 11 is 0. The minimum Gasteiger partial charge on any atom is -0.399 e. The van der Waals surface area contributed by atoms with E-state index in [1.807, 2.05) is 25.1 Å². The molecule has 0 saturated carbocycles. The number of nitrogen functional groups attached to an aromatic ring is 1. The summed E-state index contributed by atoms with van der Waals surface area (Å²) in [7, 11) is 0. The first-order valence-corrected chi connectivity index (χ1v) is 6.23. The van der Waals surface area contributed by atoms with E-state index >= 15 is 0 Å². The van der Waals surface area contributed by atoms with Gasteiger partial charge in [0.15, 0.2) is 0 Å². The lowest BCUT2D eigenvalue weighted by Crippen LogP contribution is -2.34. The van der Waals surface area contributed by atoms with Crippen LogP contribution in [0, 0.1) is 0 Å². The number of nitrogens with two attached hydrogens (primary N) is 1. The van der Waals surface area contributed by atoms with Gasteiger partial charge in [-0.2, -0.15) is 0 Å². The smallest absolute Gasteiger partial charge is 0.0579 e. The fraction of sp³-hybridized carbons (Fsp3) is 0.333. The molecular weight excluding hydrogens is 222 g/mol. The molecule has 0 bridgehead atoms. The number of nitrogens with one attached hydrogen (secondary N) is 1. The van der Waals surface area contributed by atoms with Crippen molar-refractivity contribution in [2.24, 2.45) is 0 Å². The third-order valence-corrected chi connectivity index (χ3v) is 2.80. The summed E-state index contributed by atoms with van der Waals surface area (Å²) in [6.45, 7) is 10.9. The van der Waals surface area contributed by atoms with Crippen molar-refractivity contribution >= 4 is 11.4 Å². The Bertz CT molecular complexity index is 422. The van der Waals surface area contributed by atoms with Crippen LogP contribution in [-0.2, 0) is 0 Å². The van der Waals surface area contributed by atoms with Crippen molar-refractivity contribution in [1.82, 2.24) is 5.32 Å². The van der Waals surface area contributed by atoms with Crippen LogP contribution in [0.4, 0.5) is 11.4 Å². The van der Waals surface area contributed by atoms with Gasteiger partial charge in [0.05, 0.1) is 6.54 Å². The van der Waals surface area contributed by atoms with Crippen molar-refractivity contribution in [3.63, 3.8) is 0 Å². The second kappa shape index (κ2) is 6.74. The zero-order valence-electron chi connectivity index (χ0n) is 11.5. The molecule has 0 unspecified atom stereocenters. The molecule has 0 spiro atoms. The van der Waals surface area contributed by atoms with Crippen LogP contribution in [0.2, 0.25) is 0 Å². The van der Waals surface area contributed by atoms with Crippen LogP contribution in [0.25, 0.3) is 0 Å². The van der Waals surface area contributed by atoms with E-state index in [1.54, 1.807) is 6.20 Å². The third-order valence-electron chi connectivity index (χ3n) is 2.80. The van der Waals surface area contributed by atoms with E-state index in [2.05, 4.69) is 42.8 Å². The maximum atomic E-state index is 5.85. The third kappa shape index (κ3) is 3.84. The number of nitrogens with zero attached hydrogens (tertiary/aromatic N) is 1. The molecule has 1 aromatic rings. The molecule has 18 heavy (non-hydrogen) atoms. The zero-order chi connectivity index (χ0) is 13.5. The van der Waals surface area contributed by atoms with Gasteiger partial charge >= 0.3 is 0 Å². The van der Waals surface area contributed by atoms with Crippen LogP contribution >= 0.6 is 0 Å². The Hall–Kier alpha value is -1.90. The highest BCUT2D eigenvalue weighted by Crippen LogP contribution is 2.20. The Labute approximate surface area is 110 Å². The Balaban J connectivity index is 2.93. The maximum Gasteiger partial charge on any atom is 0.0579 e. The van der Waals surface area contributed by atoms with Gasteiger partial charge in [-0.1, -0.05) is 18.7 Å². The first-order valence-electron chi connectivity index (χ1n) is 6.23. The van der Waals surface area contributed by atoms with Crippen LogP contribution in [0.15, 0.2) is 48.8 Å². The van der Waals surface area contributed by atoms with Crippen LogP contribution in [-0.4, -0.2) is 12.6 Å². The molecule has 1 aromatic carbocycles. The van der Waals surface area contributed by atoms with E-state index < -0.39 is 0 Å². The molecule has 1 rings (SSSR count). The molecule has 0 aromatic heterocycles. The molecule has 0 aliphatic carbocycles. The SMILES string of the molecule is C=CN/C(=C\C)CN(c1cccc(N)c1)C(C)C. The van der Waals surface area contributed by atoms with Crippen LogP contribution in [0.1, 0.15) is 20.8 Å². The average Bonchev–Trinajstić information content (AvgIpc) is 2.33. The standard InChI is InChI=1S/C15H23N3/c1-5-14(17-6-2)11-18(12(3)4)15-9-7-8-13(16)10-15/h5-10,12,17H,2,11,16H2,1,3-4H3/b14-5-. The first-order chi connectivity index (χ1) is 8.58. The van der Waals surface area contributed by atoms with Gasteiger partial charge in [-0.25, -0.2) is 0 Å². The van der Waals surface area contributed by atoms with E-state index in [1.165, 1.54) is 0 Å². The predicted octanol–water partition coefficient (Wildman–Crippen LogP) is 3.12. The highest BCUT2D eigenvalue weighted by atomic mass is 15.2. The monoisotopic (exact) mass is 245 g/mol. The van der Waals surface area contributed by atoms with Crippen molar-refractivity contribution < 1.29 is 0 Å². The van der Waals surface area contributed by atoms with E-state index in [-0.39, 0.29) is 0 Å². The van der Waals surface area contributed by atoms with E-state index in [0.29, 0.717) is 6.04 Å². The topological polar surface area (TPSA) is 41.3 Å². The molecule has 3 N–H and O–H groups in total. The molecule has 0 fully saturated rings. The molecule has 0 aliphatic heterocycles. The highest BCUT2D eigenvalue weighted by Gasteiger charge is 2.12. The van der Waals surface area contributed by atoms with Crippen LogP contribution in [0.3, 0.4) is 0 Å². The lowest BCUT2D eigenvalue weighted by molar-refractivity contribution is 0.699. The predicted molar refractivity (Wildman–Crippen MR) is 80.4 cm³/mol. The molecule has 98 valence electrons. The quantitative estimate of drug-likeness (QED) is 0.757. The minimum atomic E-state index is 0.397. The minimum absolute atomic E-state index is 0.397. The van der Waals surface area contributed by atoms with Crippen molar-refractivity contribution in [2.45, 2.75) is 26.8 Å². The molecule has 0 amide bonds. The second-order valence-corrected chi connectivity index (χ2v) is 4.48. The molecule has 3 heteroatoms. The van der Waals surface area contributed by atoms with Crippen LogP contribution in [0.5, 0.6) is 0 Å². The largest absolute Gasteiger partial charge is 0.399 e. The number of hydrogen-bond acceptors (Lipinski definition) is 3. The molecule has 3 nitrogen and oxygen atoms in total. The second-order valence-electron chi connectivity index (χ2n) is 4.48. The molecule has 0 radical (unpaired) electrons. The molecule has 0 heterocycles. The molecular formula is C15H23N3. The highest BCUT2D eigenvalue weighted by molar-refractivity contribution is 5.57. The lowest BCUT2D eigenvalue weighted by atomic mass is 10.2. The van der Waals surface area contributed by atoms with E-state index in [0.717, 1.165) is 23.6 Å². The number of benzene rings is 1. The van der Waals surface area contributed by atoms with Crippen molar-refractivity contribution in [3.05, 3.63) is 48.8 Å². The fourth-order valence-electron chi connectivity index (χ4n) is 1.81. The van der Waals surface area contributed by atoms with Gasteiger partial charge in [0, 0.05) is 23.1 Å². The van der Waals surface area contributed by atoms with Crippen molar-refractivity contribution in [1.29, 1.82) is 0 Å². The van der Waals surface area contributed by atoms with Gasteiger partial charge in [0.25, 0.3) is 0 Å². The number of allylic oxidation sites excluding steroid dienone is 1. The molecule has 0 aliphatic rings. The summed E-state index contributed by atoms with van der Waals surface area (Å²) in [6.07, 6.45) is 3.76. The fourth-order valence-corrected chi connectivity index (χ4v) is 1.81. The first kappa shape index (κ1) is 14.2. The van der Waals surface area contributed by atoms with E-state index in [4.69, 9.17) is 5.73 Å². The van der Waals surface area contributed by atoms with Gasteiger partial charge in [-0.15, -0.1) is 0 Å². The maximum absolute atomic E-state index is 5.85. The summed E-state index contributed by atoms with van der Waals surface area (Å²) in [6, 6.07) is 8.36. The summed E-state index contributed by atoms with van der Waals surface area (Å²) in [5.41, 5.74) is 8.89. The molecule has 0 atom stereocenters. The van der Waals surface area contributed by atoms with Crippen LogP contribution < -0.4 is 16.0 Å². The number of rotatable bonds is 6. The number of anilines is 2. The normalized spacial score (nSPS) is 11.4. The van der Waals surface area contributed by atoms with Crippen molar-refractivity contribution in [3.8, 4) is 0 Å². The Morgan fingerprint density at radius 1 is 1.50 bits per heavy atom. The van der Waals surface area contributed by atoms with Gasteiger partial charge in [0.1, 0.15) is 0 Å². The summed E-state index contributed by atoms with van der Waals surface area (Å²) in [5, 5.41) is 3.15. The zero-order valence-corrected chi connectivity index (χ0v) is 11.5. The van der Waals surface area contributed by atoms with Gasteiger partial charge in [0.2, 0.25) is 0 Å². The lowest BCUT2D eigenvalue weighted by Gasteiger charge is -2.30. The summed E-state index contributed by atoms with van der Waals surface area (Å²) in [4.78, 5) is 2.29. The Morgan fingerprint density at radius 2 is 2.22 bits per heavy atom. The molecule has 0 saturated heterocycles. The van der Waals surface area contributed by atoms with Crippen molar-refractivity contribution in [2.75, 3.05) is 17.2 Å². The summed E-state index contributed by atoms with van der Waals surface area (Å²) < 4.78 is 0.